The van der Waals surface area contributed by atoms with Crippen LogP contribution in [0.5, 0.6) is 0 Å². The molecule has 0 atom stereocenters. The average Bonchev–Trinajstić information content (AvgIpc) is 2.31. The van der Waals surface area contributed by atoms with E-state index in [0.717, 1.165) is 0 Å². The minimum absolute atomic E-state index is 0.385. The predicted octanol–water partition coefficient (Wildman–Crippen LogP) is 0.425. The van der Waals surface area contributed by atoms with Crippen molar-refractivity contribution >= 4 is 11.6 Å². The fraction of sp³-hybridized carbons (Fsp3) is 0.500. The summed E-state index contributed by atoms with van der Waals surface area (Å²) in [5.74, 6) is 1.09. The maximum absolute atomic E-state index is 8.57. The molecule has 16 heavy (non-hydrogen) atoms. The Labute approximate surface area is 94.7 Å². The van der Waals surface area contributed by atoms with Gasteiger partial charge in [0.25, 0.3) is 0 Å². The molecule has 1 heterocycles. The van der Waals surface area contributed by atoms with E-state index in [1.54, 1.807) is 13.3 Å². The number of nitrogens with zero attached hydrogens (tertiary/aromatic N) is 4. The molecule has 1 aromatic heterocycles. The normalized spacial score (nSPS) is 9.75. The summed E-state index contributed by atoms with van der Waals surface area (Å²) >= 11 is 0. The first-order chi connectivity index (χ1) is 7.77. The van der Waals surface area contributed by atoms with Crippen molar-refractivity contribution in [2.24, 2.45) is 0 Å². The molecule has 2 N–H and O–H groups in total. The monoisotopic (exact) mass is 221 g/mol. The van der Waals surface area contributed by atoms with E-state index in [9.17, 15) is 0 Å². The minimum Gasteiger partial charge on any atom is -0.383 e. The summed E-state index contributed by atoms with van der Waals surface area (Å²) in [7, 11) is 1.64. The number of hydrogen-bond acceptors (Lipinski definition) is 6. The lowest BCUT2D eigenvalue weighted by molar-refractivity contribution is 0.205. The molecule has 0 amide bonds. The maximum atomic E-state index is 8.57. The van der Waals surface area contributed by atoms with Crippen molar-refractivity contribution in [1.29, 1.82) is 5.26 Å². The summed E-state index contributed by atoms with van der Waals surface area (Å²) in [6.07, 6.45) is 3.54. The molecule has 1 rings (SSSR count). The highest BCUT2D eigenvalue weighted by molar-refractivity contribution is 5.39. The molecule has 0 radical (unpaired) electrons. The Bertz CT molecular complexity index is 345. The molecule has 0 fully saturated rings. The lowest BCUT2D eigenvalue weighted by Gasteiger charge is -2.21. The van der Waals surface area contributed by atoms with E-state index < -0.39 is 0 Å². The number of aromatic nitrogens is 2. The van der Waals surface area contributed by atoms with E-state index >= 15 is 0 Å². The van der Waals surface area contributed by atoms with Gasteiger partial charge in [0.2, 0.25) is 0 Å². The van der Waals surface area contributed by atoms with Crippen LogP contribution in [0.2, 0.25) is 0 Å². The number of rotatable bonds is 6. The van der Waals surface area contributed by atoms with Crippen molar-refractivity contribution in [1.82, 2.24) is 9.97 Å². The zero-order valence-corrected chi connectivity index (χ0v) is 9.26. The highest BCUT2D eigenvalue weighted by atomic mass is 16.5. The van der Waals surface area contributed by atoms with Crippen molar-refractivity contribution in [2.45, 2.75) is 6.42 Å². The van der Waals surface area contributed by atoms with Crippen molar-refractivity contribution in [3.8, 4) is 6.07 Å². The van der Waals surface area contributed by atoms with Gasteiger partial charge in [-0.25, -0.2) is 9.97 Å². The lowest BCUT2D eigenvalue weighted by Crippen LogP contribution is -2.29. The minimum atomic E-state index is 0.385. The summed E-state index contributed by atoms with van der Waals surface area (Å²) in [5.41, 5.74) is 5.46. The van der Waals surface area contributed by atoms with Crippen LogP contribution < -0.4 is 10.6 Å². The zero-order chi connectivity index (χ0) is 11.8. The van der Waals surface area contributed by atoms with Crippen LogP contribution in [-0.4, -0.2) is 36.8 Å². The summed E-state index contributed by atoms with van der Waals surface area (Å²) in [4.78, 5) is 10.1. The SMILES string of the molecule is COCCN(CCC#N)c1cnc(N)cn1. The molecule has 1 aromatic rings. The summed E-state index contributed by atoms with van der Waals surface area (Å²) in [6.45, 7) is 1.87. The van der Waals surface area contributed by atoms with Gasteiger partial charge in [0.1, 0.15) is 11.6 Å². The maximum Gasteiger partial charge on any atom is 0.147 e. The average molecular weight is 221 g/mol. The zero-order valence-electron chi connectivity index (χ0n) is 9.26. The first-order valence-corrected chi connectivity index (χ1v) is 4.96. The van der Waals surface area contributed by atoms with Crippen LogP contribution in [0.1, 0.15) is 6.42 Å². The van der Waals surface area contributed by atoms with Gasteiger partial charge in [0.15, 0.2) is 0 Å². The summed E-state index contributed by atoms with van der Waals surface area (Å²) < 4.78 is 5.00. The molecule has 0 aliphatic rings. The Morgan fingerprint density at radius 1 is 1.44 bits per heavy atom. The van der Waals surface area contributed by atoms with E-state index in [1.807, 2.05) is 4.90 Å². The molecule has 0 saturated heterocycles. The van der Waals surface area contributed by atoms with Gasteiger partial charge in [-0.1, -0.05) is 0 Å². The quantitative estimate of drug-likeness (QED) is 0.749. The number of nitrogens with two attached hydrogens (primary N) is 1. The second kappa shape index (κ2) is 6.58. The number of nitrogen functional groups attached to an aromatic ring is 1. The number of methoxy groups -OCH3 is 1. The molecule has 6 nitrogen and oxygen atoms in total. The summed E-state index contributed by atoms with van der Waals surface area (Å²) in [5, 5.41) is 8.57. The molecule has 0 unspecified atom stereocenters. The first-order valence-electron chi connectivity index (χ1n) is 4.96. The molecular formula is C10H15N5O. The van der Waals surface area contributed by atoms with Crippen LogP contribution in [0.4, 0.5) is 11.6 Å². The third-order valence-corrected chi connectivity index (χ3v) is 2.04. The largest absolute Gasteiger partial charge is 0.383 e. The number of hydrogen-bond donors (Lipinski definition) is 1. The van der Waals surface area contributed by atoms with E-state index in [0.29, 0.717) is 37.8 Å². The highest BCUT2D eigenvalue weighted by Gasteiger charge is 2.07. The van der Waals surface area contributed by atoms with Crippen LogP contribution in [0, 0.1) is 11.3 Å². The molecule has 86 valence electrons. The predicted molar refractivity (Wildman–Crippen MR) is 60.8 cm³/mol. The fourth-order valence-electron chi connectivity index (χ4n) is 1.22. The second-order valence-corrected chi connectivity index (χ2v) is 3.19. The number of anilines is 2. The molecule has 0 aliphatic heterocycles. The van der Waals surface area contributed by atoms with Gasteiger partial charge in [-0.15, -0.1) is 0 Å². The van der Waals surface area contributed by atoms with Crippen molar-refractivity contribution in [2.75, 3.05) is 37.4 Å². The Hall–Kier alpha value is -1.87. The molecule has 0 bridgehead atoms. The third kappa shape index (κ3) is 3.71. The standard InChI is InChI=1S/C10H15N5O/c1-16-6-5-15(4-2-3-11)10-8-13-9(12)7-14-10/h7-8H,2,4-6H2,1H3,(H2,12,13). The smallest absolute Gasteiger partial charge is 0.147 e. The van der Waals surface area contributed by atoms with Gasteiger partial charge >= 0.3 is 0 Å². The second-order valence-electron chi connectivity index (χ2n) is 3.19. The van der Waals surface area contributed by atoms with Gasteiger partial charge in [-0.05, 0) is 0 Å². The topological polar surface area (TPSA) is 88.1 Å². The van der Waals surface area contributed by atoms with Crippen LogP contribution in [0.25, 0.3) is 0 Å². The van der Waals surface area contributed by atoms with Gasteiger partial charge in [-0.3, -0.25) is 0 Å². The first kappa shape index (κ1) is 12.2. The van der Waals surface area contributed by atoms with E-state index in [4.69, 9.17) is 15.7 Å². The lowest BCUT2D eigenvalue weighted by atomic mass is 10.4. The van der Waals surface area contributed by atoms with Gasteiger partial charge in [0, 0.05) is 20.2 Å². The van der Waals surface area contributed by atoms with Crippen molar-refractivity contribution in [3.63, 3.8) is 0 Å². The third-order valence-electron chi connectivity index (χ3n) is 2.04. The van der Waals surface area contributed by atoms with Crippen molar-refractivity contribution in [3.05, 3.63) is 12.4 Å². The Kier molecular flexibility index (Phi) is 5.02. The van der Waals surface area contributed by atoms with Gasteiger partial charge < -0.3 is 15.4 Å². The van der Waals surface area contributed by atoms with E-state index in [1.165, 1.54) is 6.20 Å². The summed E-state index contributed by atoms with van der Waals surface area (Å²) in [6, 6.07) is 2.10. The van der Waals surface area contributed by atoms with E-state index in [-0.39, 0.29) is 0 Å². The fourth-order valence-corrected chi connectivity index (χ4v) is 1.22. The number of nitriles is 1. The van der Waals surface area contributed by atoms with Crippen LogP contribution in [0.3, 0.4) is 0 Å². The van der Waals surface area contributed by atoms with Crippen LogP contribution in [-0.2, 0) is 4.74 Å². The van der Waals surface area contributed by atoms with Crippen LogP contribution >= 0.6 is 0 Å². The molecule has 0 aromatic carbocycles. The van der Waals surface area contributed by atoms with E-state index in [2.05, 4.69) is 16.0 Å². The highest BCUT2D eigenvalue weighted by Crippen LogP contribution is 2.09. The van der Waals surface area contributed by atoms with Crippen LogP contribution in [0.15, 0.2) is 12.4 Å². The molecular weight excluding hydrogens is 206 g/mol. The Morgan fingerprint density at radius 2 is 2.25 bits per heavy atom. The number of ether oxygens (including phenoxy) is 1. The van der Waals surface area contributed by atoms with Crippen molar-refractivity contribution < 1.29 is 4.74 Å². The molecule has 0 spiro atoms. The molecule has 0 aliphatic carbocycles. The Morgan fingerprint density at radius 3 is 2.81 bits per heavy atom. The molecule has 0 saturated carbocycles. The van der Waals surface area contributed by atoms with Gasteiger partial charge in [0.05, 0.1) is 31.5 Å². The molecule has 6 heteroatoms. The Balaban J connectivity index is 2.67. The van der Waals surface area contributed by atoms with Gasteiger partial charge in [-0.2, -0.15) is 5.26 Å².